The fourth-order valence-corrected chi connectivity index (χ4v) is 2.92. The van der Waals surface area contributed by atoms with Crippen molar-refractivity contribution in [2.45, 2.75) is 25.8 Å². The normalized spacial score (nSPS) is 22.6. The molecule has 1 aliphatic rings. The van der Waals surface area contributed by atoms with E-state index in [2.05, 4.69) is 5.32 Å². The largest absolute Gasteiger partial charge is 0.481 e. The molecule has 0 spiro atoms. The predicted octanol–water partition coefficient (Wildman–Crippen LogP) is 3.07. The summed E-state index contributed by atoms with van der Waals surface area (Å²) in [4.78, 5) is 11.0. The van der Waals surface area contributed by atoms with Crippen molar-refractivity contribution in [1.29, 1.82) is 0 Å². The lowest BCUT2D eigenvalue weighted by atomic mass is 9.96. The van der Waals surface area contributed by atoms with Crippen molar-refractivity contribution < 1.29 is 14.3 Å². The molecule has 2 atom stereocenters. The van der Waals surface area contributed by atoms with E-state index >= 15 is 0 Å². The van der Waals surface area contributed by atoms with Crippen LogP contribution in [0.1, 0.15) is 24.8 Å². The molecule has 5 heteroatoms. The lowest BCUT2D eigenvalue weighted by Gasteiger charge is -2.16. The van der Waals surface area contributed by atoms with Crippen LogP contribution in [-0.2, 0) is 11.3 Å². The third-order valence-corrected chi connectivity index (χ3v) is 4.10. The lowest BCUT2D eigenvalue weighted by Crippen LogP contribution is -2.29. The minimum Gasteiger partial charge on any atom is -0.481 e. The fourth-order valence-electron chi connectivity index (χ4n) is 2.69. The first-order chi connectivity index (χ1) is 9.09. The van der Waals surface area contributed by atoms with E-state index in [1.807, 2.05) is 0 Å². The van der Waals surface area contributed by atoms with Crippen molar-refractivity contribution in [3.63, 3.8) is 0 Å². The molecule has 1 aliphatic carbocycles. The van der Waals surface area contributed by atoms with E-state index in [4.69, 9.17) is 16.7 Å². The number of benzene rings is 1. The van der Waals surface area contributed by atoms with Gasteiger partial charge in [-0.1, -0.05) is 24.1 Å². The summed E-state index contributed by atoms with van der Waals surface area (Å²) in [5.41, 5.74) is 0.439. The second-order valence-electron chi connectivity index (χ2n) is 4.97. The van der Waals surface area contributed by atoms with E-state index in [9.17, 15) is 9.18 Å². The van der Waals surface area contributed by atoms with Crippen LogP contribution < -0.4 is 5.32 Å². The summed E-state index contributed by atoms with van der Waals surface area (Å²) in [7, 11) is 0. The topological polar surface area (TPSA) is 49.3 Å². The second-order valence-corrected chi connectivity index (χ2v) is 5.37. The Kier molecular flexibility index (Phi) is 4.77. The molecule has 1 saturated carbocycles. The molecule has 0 heterocycles. The van der Waals surface area contributed by atoms with Crippen LogP contribution in [0.15, 0.2) is 18.2 Å². The van der Waals surface area contributed by atoms with Crippen LogP contribution in [0.25, 0.3) is 0 Å². The van der Waals surface area contributed by atoms with Gasteiger partial charge in [-0.05, 0) is 37.4 Å². The molecule has 1 aromatic rings. The Bertz CT molecular complexity index is 447. The summed E-state index contributed by atoms with van der Waals surface area (Å²) in [6, 6.07) is 4.59. The maximum Gasteiger partial charge on any atom is 0.306 e. The third kappa shape index (κ3) is 3.45. The van der Waals surface area contributed by atoms with Crippen LogP contribution in [0.2, 0.25) is 5.02 Å². The van der Waals surface area contributed by atoms with E-state index in [0.29, 0.717) is 23.7 Å². The van der Waals surface area contributed by atoms with Gasteiger partial charge in [0.05, 0.1) is 5.92 Å². The monoisotopic (exact) mass is 285 g/mol. The van der Waals surface area contributed by atoms with E-state index in [-0.39, 0.29) is 17.7 Å². The Hall–Kier alpha value is -1.13. The quantitative estimate of drug-likeness (QED) is 0.874. The molecule has 104 valence electrons. The molecular formula is C14H17ClFNO2. The van der Waals surface area contributed by atoms with Gasteiger partial charge in [-0.15, -0.1) is 0 Å². The maximum atomic E-state index is 13.5. The summed E-state index contributed by atoms with van der Waals surface area (Å²) in [6.45, 7) is 0.913. The Morgan fingerprint density at radius 2 is 2.26 bits per heavy atom. The van der Waals surface area contributed by atoms with Crippen LogP contribution in [0.3, 0.4) is 0 Å². The minimum atomic E-state index is -0.728. The fraction of sp³-hybridized carbons (Fsp3) is 0.500. The van der Waals surface area contributed by atoms with Gasteiger partial charge in [-0.2, -0.15) is 0 Å². The number of hydrogen-bond donors (Lipinski definition) is 2. The van der Waals surface area contributed by atoms with Gasteiger partial charge in [0.1, 0.15) is 5.82 Å². The van der Waals surface area contributed by atoms with Crippen molar-refractivity contribution >= 4 is 17.6 Å². The standard InChI is InChI=1S/C14H17ClFNO2/c15-12-5-2-6-13(16)11(12)8-17-7-9-3-1-4-10(9)14(18)19/h2,5-6,9-10,17H,1,3-4,7-8H2,(H,18,19). The Morgan fingerprint density at radius 1 is 1.47 bits per heavy atom. The molecule has 0 radical (unpaired) electrons. The number of halogens is 2. The second kappa shape index (κ2) is 6.35. The van der Waals surface area contributed by atoms with Crippen molar-refractivity contribution in [2.24, 2.45) is 11.8 Å². The number of carbonyl (C=O) groups is 1. The van der Waals surface area contributed by atoms with Crippen LogP contribution in [0.4, 0.5) is 4.39 Å². The molecule has 2 N–H and O–H groups in total. The van der Waals surface area contributed by atoms with Gasteiger partial charge in [0.2, 0.25) is 0 Å². The first-order valence-electron chi connectivity index (χ1n) is 6.46. The summed E-state index contributed by atoms with van der Waals surface area (Å²) >= 11 is 5.93. The molecule has 2 unspecified atom stereocenters. The SMILES string of the molecule is O=C(O)C1CCCC1CNCc1c(F)cccc1Cl. The maximum absolute atomic E-state index is 13.5. The number of rotatable bonds is 5. The Balaban J connectivity index is 1.88. The van der Waals surface area contributed by atoms with Gasteiger partial charge >= 0.3 is 5.97 Å². The van der Waals surface area contributed by atoms with E-state index in [0.717, 1.165) is 19.3 Å². The molecule has 1 fully saturated rings. The van der Waals surface area contributed by atoms with Crippen molar-refractivity contribution in [1.82, 2.24) is 5.32 Å². The smallest absolute Gasteiger partial charge is 0.306 e. The third-order valence-electron chi connectivity index (χ3n) is 3.75. The summed E-state index contributed by atoms with van der Waals surface area (Å²) in [5.74, 6) is -1.21. The Morgan fingerprint density at radius 3 is 2.95 bits per heavy atom. The van der Waals surface area contributed by atoms with Crippen LogP contribution in [0, 0.1) is 17.7 Å². The van der Waals surface area contributed by atoms with Crippen molar-refractivity contribution in [3.8, 4) is 0 Å². The molecule has 3 nitrogen and oxygen atoms in total. The predicted molar refractivity (Wildman–Crippen MR) is 71.6 cm³/mol. The van der Waals surface area contributed by atoms with Crippen molar-refractivity contribution in [3.05, 3.63) is 34.6 Å². The van der Waals surface area contributed by atoms with Gasteiger partial charge in [-0.25, -0.2) is 4.39 Å². The molecular weight excluding hydrogens is 269 g/mol. The molecule has 2 rings (SSSR count). The molecule has 0 bridgehead atoms. The average Bonchev–Trinajstić information content (AvgIpc) is 2.81. The highest BCUT2D eigenvalue weighted by Crippen LogP contribution is 2.31. The van der Waals surface area contributed by atoms with Gasteiger partial charge in [0.25, 0.3) is 0 Å². The molecule has 1 aromatic carbocycles. The number of carboxylic acid groups (broad SMARTS) is 1. The molecule has 0 aromatic heterocycles. The first kappa shape index (κ1) is 14.3. The molecule has 0 amide bonds. The highest BCUT2D eigenvalue weighted by atomic mass is 35.5. The number of carboxylic acids is 1. The summed E-state index contributed by atoms with van der Waals surface area (Å²) in [6.07, 6.45) is 2.60. The van der Waals surface area contributed by atoms with Crippen LogP contribution in [-0.4, -0.2) is 17.6 Å². The zero-order valence-corrected chi connectivity index (χ0v) is 11.3. The molecule has 0 saturated heterocycles. The summed E-state index contributed by atoms with van der Waals surface area (Å²) in [5, 5.41) is 12.6. The van der Waals surface area contributed by atoms with Crippen molar-refractivity contribution in [2.75, 3.05) is 6.54 Å². The summed E-state index contributed by atoms with van der Waals surface area (Å²) < 4.78 is 13.5. The first-order valence-corrected chi connectivity index (χ1v) is 6.84. The number of hydrogen-bond acceptors (Lipinski definition) is 2. The zero-order chi connectivity index (χ0) is 13.8. The van der Waals surface area contributed by atoms with E-state index in [1.54, 1.807) is 12.1 Å². The van der Waals surface area contributed by atoms with Gasteiger partial charge < -0.3 is 10.4 Å². The van der Waals surface area contributed by atoms with Gasteiger partial charge in [0, 0.05) is 17.1 Å². The van der Waals surface area contributed by atoms with E-state index < -0.39 is 5.97 Å². The average molecular weight is 286 g/mol. The van der Waals surface area contributed by atoms with Crippen LogP contribution in [0.5, 0.6) is 0 Å². The van der Waals surface area contributed by atoms with Gasteiger partial charge in [0.15, 0.2) is 0 Å². The highest BCUT2D eigenvalue weighted by Gasteiger charge is 2.32. The minimum absolute atomic E-state index is 0.128. The Labute approximate surface area is 116 Å². The van der Waals surface area contributed by atoms with E-state index in [1.165, 1.54) is 6.07 Å². The van der Waals surface area contributed by atoms with Gasteiger partial charge in [-0.3, -0.25) is 4.79 Å². The number of nitrogens with one attached hydrogen (secondary N) is 1. The number of aliphatic carboxylic acids is 1. The zero-order valence-electron chi connectivity index (χ0n) is 10.5. The lowest BCUT2D eigenvalue weighted by molar-refractivity contribution is -0.142. The van der Waals surface area contributed by atoms with Crippen LogP contribution >= 0.6 is 11.6 Å². The molecule has 0 aliphatic heterocycles. The molecule has 19 heavy (non-hydrogen) atoms. The highest BCUT2D eigenvalue weighted by molar-refractivity contribution is 6.31.